The van der Waals surface area contributed by atoms with Gasteiger partial charge in [-0.05, 0) is 19.9 Å². The van der Waals surface area contributed by atoms with Crippen molar-refractivity contribution >= 4 is 0 Å². The molecule has 0 atom stereocenters. The second kappa shape index (κ2) is 3.20. The predicted octanol–water partition coefficient (Wildman–Crippen LogP) is 1.59. The van der Waals surface area contributed by atoms with E-state index in [2.05, 4.69) is 11.1 Å². The molecule has 0 aliphatic carbocycles. The summed E-state index contributed by atoms with van der Waals surface area (Å²) >= 11 is 0. The molecule has 53 valence electrons. The zero-order valence-corrected chi connectivity index (χ0v) is 6.22. The molecule has 1 aromatic heterocycles. The van der Waals surface area contributed by atoms with Gasteiger partial charge in [-0.15, -0.1) is 0 Å². The maximum atomic E-state index is 5.24. The van der Waals surface area contributed by atoms with E-state index in [0.717, 1.165) is 11.4 Å². The van der Waals surface area contributed by atoms with Crippen LogP contribution in [0.15, 0.2) is 12.3 Å². The molecule has 0 spiro atoms. The molecule has 1 aromatic rings. The summed E-state index contributed by atoms with van der Waals surface area (Å²) in [6.07, 6.45) is 1.64. The number of rotatable bonds is 2. The van der Waals surface area contributed by atoms with Crippen LogP contribution in [-0.2, 0) is 0 Å². The number of hydrogen-bond donors (Lipinski definition) is 0. The van der Waals surface area contributed by atoms with Crippen LogP contribution in [0.4, 0.5) is 0 Å². The van der Waals surface area contributed by atoms with Gasteiger partial charge in [-0.3, -0.25) is 4.98 Å². The van der Waals surface area contributed by atoms with Crippen LogP contribution >= 0.6 is 0 Å². The molecule has 0 aliphatic heterocycles. The van der Waals surface area contributed by atoms with Crippen molar-refractivity contribution in [2.24, 2.45) is 0 Å². The van der Waals surface area contributed by atoms with Crippen molar-refractivity contribution in [1.29, 1.82) is 0 Å². The molecule has 0 saturated carbocycles. The maximum Gasteiger partial charge on any atom is 0.141 e. The Morgan fingerprint density at radius 1 is 1.70 bits per heavy atom. The number of aromatic nitrogens is 1. The highest BCUT2D eigenvalue weighted by atomic mass is 16.5. The minimum absolute atomic E-state index is 0.681. The SMILES string of the molecule is CCOc1c[c]cnc1C. The van der Waals surface area contributed by atoms with Crippen molar-refractivity contribution in [3.05, 3.63) is 24.0 Å². The van der Waals surface area contributed by atoms with Gasteiger partial charge in [0.15, 0.2) is 0 Å². The molecule has 0 saturated heterocycles. The molecular weight excluding hydrogens is 126 g/mol. The van der Waals surface area contributed by atoms with Gasteiger partial charge in [0, 0.05) is 12.3 Å². The van der Waals surface area contributed by atoms with Crippen LogP contribution in [0.5, 0.6) is 5.75 Å². The van der Waals surface area contributed by atoms with Crippen LogP contribution in [0.2, 0.25) is 0 Å². The summed E-state index contributed by atoms with van der Waals surface area (Å²) in [4.78, 5) is 4.02. The third-order valence-electron chi connectivity index (χ3n) is 1.20. The van der Waals surface area contributed by atoms with E-state index in [1.54, 1.807) is 12.3 Å². The minimum atomic E-state index is 0.681. The van der Waals surface area contributed by atoms with Gasteiger partial charge in [-0.2, -0.15) is 0 Å². The summed E-state index contributed by atoms with van der Waals surface area (Å²) in [7, 11) is 0. The van der Waals surface area contributed by atoms with Crippen molar-refractivity contribution in [2.75, 3.05) is 6.61 Å². The molecule has 0 fully saturated rings. The second-order valence-electron chi connectivity index (χ2n) is 1.95. The van der Waals surface area contributed by atoms with E-state index in [9.17, 15) is 0 Å². The Morgan fingerprint density at radius 3 is 3.10 bits per heavy atom. The highest BCUT2D eigenvalue weighted by molar-refractivity contribution is 5.24. The van der Waals surface area contributed by atoms with Crippen molar-refractivity contribution in [3.63, 3.8) is 0 Å². The molecule has 0 amide bonds. The van der Waals surface area contributed by atoms with Crippen LogP contribution in [0.1, 0.15) is 12.6 Å². The highest BCUT2D eigenvalue weighted by Crippen LogP contribution is 2.12. The molecule has 0 aliphatic rings. The molecule has 0 bridgehead atoms. The maximum absolute atomic E-state index is 5.24. The van der Waals surface area contributed by atoms with Crippen molar-refractivity contribution in [3.8, 4) is 5.75 Å². The molecule has 0 aromatic carbocycles. The Bertz CT molecular complexity index is 210. The summed E-state index contributed by atoms with van der Waals surface area (Å²) in [6, 6.07) is 4.65. The Labute approximate surface area is 60.9 Å². The minimum Gasteiger partial charge on any atom is -0.492 e. The van der Waals surface area contributed by atoms with Gasteiger partial charge in [-0.25, -0.2) is 0 Å². The molecular formula is C8H10NO. The molecule has 0 N–H and O–H groups in total. The first-order valence-corrected chi connectivity index (χ1v) is 3.30. The van der Waals surface area contributed by atoms with Crippen LogP contribution in [0, 0.1) is 13.0 Å². The fourth-order valence-electron chi connectivity index (χ4n) is 0.717. The smallest absolute Gasteiger partial charge is 0.141 e. The summed E-state index contributed by atoms with van der Waals surface area (Å²) < 4.78 is 5.24. The lowest BCUT2D eigenvalue weighted by molar-refractivity contribution is 0.336. The quantitative estimate of drug-likeness (QED) is 0.616. The summed E-state index contributed by atoms with van der Waals surface area (Å²) in [6.45, 7) is 4.55. The van der Waals surface area contributed by atoms with E-state index < -0.39 is 0 Å². The Kier molecular flexibility index (Phi) is 2.26. The average Bonchev–Trinajstić information content (AvgIpc) is 1.94. The monoisotopic (exact) mass is 136 g/mol. The summed E-state index contributed by atoms with van der Waals surface area (Å²) in [5.74, 6) is 0.824. The Morgan fingerprint density at radius 2 is 2.50 bits per heavy atom. The number of aryl methyl sites for hydroxylation is 1. The molecule has 1 rings (SSSR count). The zero-order chi connectivity index (χ0) is 7.40. The van der Waals surface area contributed by atoms with Crippen molar-refractivity contribution < 1.29 is 4.74 Å². The van der Waals surface area contributed by atoms with Gasteiger partial charge in [0.1, 0.15) is 5.75 Å². The lowest BCUT2D eigenvalue weighted by Crippen LogP contribution is -1.94. The molecule has 1 heterocycles. The van der Waals surface area contributed by atoms with Crippen LogP contribution < -0.4 is 4.74 Å². The van der Waals surface area contributed by atoms with Gasteiger partial charge >= 0.3 is 0 Å². The Balaban J connectivity index is 2.81. The van der Waals surface area contributed by atoms with E-state index >= 15 is 0 Å². The fraction of sp³-hybridized carbons (Fsp3) is 0.375. The summed E-state index contributed by atoms with van der Waals surface area (Å²) in [5, 5.41) is 0. The lowest BCUT2D eigenvalue weighted by atomic mass is 10.3. The van der Waals surface area contributed by atoms with Gasteiger partial charge in [0.05, 0.1) is 12.3 Å². The fourth-order valence-corrected chi connectivity index (χ4v) is 0.717. The van der Waals surface area contributed by atoms with Crippen molar-refractivity contribution in [2.45, 2.75) is 13.8 Å². The van der Waals surface area contributed by atoms with Crippen LogP contribution in [0.25, 0.3) is 0 Å². The Hall–Kier alpha value is -1.05. The first kappa shape index (κ1) is 7.06. The normalized spacial score (nSPS) is 9.40. The van der Waals surface area contributed by atoms with Gasteiger partial charge in [0.2, 0.25) is 0 Å². The van der Waals surface area contributed by atoms with Crippen LogP contribution in [-0.4, -0.2) is 11.6 Å². The standard InChI is InChI=1S/C8H10NO/c1-3-10-8-5-4-6-9-7(8)2/h5-6H,3H2,1-2H3. The van der Waals surface area contributed by atoms with E-state index in [4.69, 9.17) is 4.74 Å². The zero-order valence-electron chi connectivity index (χ0n) is 6.22. The van der Waals surface area contributed by atoms with E-state index in [1.165, 1.54) is 0 Å². The first-order valence-electron chi connectivity index (χ1n) is 3.30. The van der Waals surface area contributed by atoms with E-state index in [1.807, 2.05) is 13.8 Å². The second-order valence-corrected chi connectivity index (χ2v) is 1.95. The number of nitrogens with zero attached hydrogens (tertiary/aromatic N) is 1. The highest BCUT2D eigenvalue weighted by Gasteiger charge is 1.95. The molecule has 2 heteroatoms. The largest absolute Gasteiger partial charge is 0.492 e. The number of ether oxygens (including phenoxy) is 1. The van der Waals surface area contributed by atoms with E-state index in [-0.39, 0.29) is 0 Å². The average molecular weight is 136 g/mol. The third kappa shape index (κ3) is 1.47. The first-order chi connectivity index (χ1) is 4.84. The molecule has 1 radical (unpaired) electrons. The van der Waals surface area contributed by atoms with Gasteiger partial charge in [-0.1, -0.05) is 0 Å². The van der Waals surface area contributed by atoms with Crippen LogP contribution in [0.3, 0.4) is 0 Å². The molecule has 10 heavy (non-hydrogen) atoms. The predicted molar refractivity (Wildman–Crippen MR) is 39.0 cm³/mol. The topological polar surface area (TPSA) is 22.1 Å². The number of pyridine rings is 1. The van der Waals surface area contributed by atoms with Gasteiger partial charge < -0.3 is 4.74 Å². The summed E-state index contributed by atoms with van der Waals surface area (Å²) in [5.41, 5.74) is 0.917. The van der Waals surface area contributed by atoms with Gasteiger partial charge in [0.25, 0.3) is 0 Å². The van der Waals surface area contributed by atoms with E-state index in [0.29, 0.717) is 6.61 Å². The lowest BCUT2D eigenvalue weighted by Gasteiger charge is -2.03. The molecule has 2 nitrogen and oxygen atoms in total. The molecule has 0 unspecified atom stereocenters. The third-order valence-corrected chi connectivity index (χ3v) is 1.20. The number of hydrogen-bond acceptors (Lipinski definition) is 2. The van der Waals surface area contributed by atoms with Crippen molar-refractivity contribution in [1.82, 2.24) is 4.98 Å².